The first-order valence-corrected chi connectivity index (χ1v) is 12.0. The van der Waals surface area contributed by atoms with E-state index in [-0.39, 0.29) is 19.6 Å². The van der Waals surface area contributed by atoms with Crippen LogP contribution in [-0.4, -0.2) is 54.5 Å². The lowest BCUT2D eigenvalue weighted by Crippen LogP contribution is -2.59. The van der Waals surface area contributed by atoms with Gasteiger partial charge in [0.1, 0.15) is 11.1 Å². The van der Waals surface area contributed by atoms with Gasteiger partial charge in [-0.15, -0.1) is 0 Å². The Bertz CT molecular complexity index is 996. The van der Waals surface area contributed by atoms with Gasteiger partial charge in [0.2, 0.25) is 0 Å². The van der Waals surface area contributed by atoms with Crippen LogP contribution in [0.4, 0.5) is 15.3 Å². The van der Waals surface area contributed by atoms with Crippen molar-refractivity contribution in [3.05, 3.63) is 29.3 Å². The van der Waals surface area contributed by atoms with Crippen LogP contribution < -0.4 is 16.0 Å². The van der Waals surface area contributed by atoms with Crippen LogP contribution in [0, 0.1) is 17.8 Å². The molecular formula is C24H32ClN3O7. The number of urea groups is 1. The second-order valence-electron chi connectivity index (χ2n) is 9.59. The molecule has 1 aromatic rings. The molecule has 2 aliphatic rings. The summed E-state index contributed by atoms with van der Waals surface area (Å²) < 4.78 is 15.9. The maximum absolute atomic E-state index is 13.2. The molecule has 192 valence electrons. The highest BCUT2D eigenvalue weighted by molar-refractivity contribution is 6.33. The van der Waals surface area contributed by atoms with Gasteiger partial charge in [-0.05, 0) is 52.7 Å². The molecule has 0 radical (unpaired) electrons. The van der Waals surface area contributed by atoms with Crippen LogP contribution in [-0.2, 0) is 23.8 Å². The number of fused-ring (bicyclic) bond motifs is 1. The van der Waals surface area contributed by atoms with E-state index < -0.39 is 59.0 Å². The fourth-order valence-corrected chi connectivity index (χ4v) is 5.00. The van der Waals surface area contributed by atoms with Gasteiger partial charge < -0.3 is 30.2 Å². The first-order valence-electron chi connectivity index (χ1n) is 11.6. The van der Waals surface area contributed by atoms with Crippen LogP contribution in [0.2, 0.25) is 5.02 Å². The Morgan fingerprint density at radius 1 is 1.09 bits per heavy atom. The standard InChI is InChI=1S/C24H32ClN3O7/c1-6-33-19(29)17-16-15(27-21(31)26-14-11-9-8-10-13(14)25)12-24(18(16)17,20(30)34-7-2)28-22(32)35-23(3,4)5/h8-11,15-18H,6-7,12H2,1-5H3,(H,28,32)(H2,26,27,31). The summed E-state index contributed by atoms with van der Waals surface area (Å²) in [5, 5.41) is 8.54. The highest BCUT2D eigenvalue weighted by Gasteiger charge is 2.76. The van der Waals surface area contributed by atoms with Crippen molar-refractivity contribution in [2.75, 3.05) is 18.5 Å². The molecule has 2 fully saturated rings. The summed E-state index contributed by atoms with van der Waals surface area (Å²) in [6, 6.07) is 5.55. The van der Waals surface area contributed by atoms with Crippen molar-refractivity contribution in [3.63, 3.8) is 0 Å². The minimum Gasteiger partial charge on any atom is -0.466 e. The summed E-state index contributed by atoms with van der Waals surface area (Å²) in [4.78, 5) is 51.4. The van der Waals surface area contributed by atoms with Gasteiger partial charge in [-0.25, -0.2) is 14.4 Å². The maximum Gasteiger partial charge on any atom is 0.408 e. The van der Waals surface area contributed by atoms with E-state index in [9.17, 15) is 19.2 Å². The number of para-hydroxylation sites is 1. The van der Waals surface area contributed by atoms with Crippen molar-refractivity contribution in [1.29, 1.82) is 0 Å². The second kappa shape index (κ2) is 10.3. The zero-order valence-corrected chi connectivity index (χ0v) is 21.2. The quantitative estimate of drug-likeness (QED) is 0.378. The number of ether oxygens (including phenoxy) is 3. The highest BCUT2D eigenvalue weighted by Crippen LogP contribution is 2.63. The summed E-state index contributed by atoms with van der Waals surface area (Å²) in [5.74, 6) is -2.96. The molecular weight excluding hydrogens is 478 g/mol. The van der Waals surface area contributed by atoms with Gasteiger partial charge >= 0.3 is 24.1 Å². The number of nitrogens with one attached hydrogen (secondary N) is 3. The Hall–Kier alpha value is -3.01. The monoisotopic (exact) mass is 509 g/mol. The summed E-state index contributed by atoms with van der Waals surface area (Å²) in [6.45, 7) is 8.65. The molecule has 0 aromatic heterocycles. The van der Waals surface area contributed by atoms with Crippen molar-refractivity contribution in [2.45, 2.75) is 58.2 Å². The summed E-state index contributed by atoms with van der Waals surface area (Å²) in [6.07, 6.45) is -0.799. The molecule has 2 aliphatic carbocycles. The molecule has 11 heteroatoms. The minimum atomic E-state index is -1.57. The molecule has 1 aromatic carbocycles. The van der Waals surface area contributed by atoms with E-state index in [1.807, 2.05) is 0 Å². The lowest BCUT2D eigenvalue weighted by Gasteiger charge is -2.33. The van der Waals surface area contributed by atoms with Crippen LogP contribution >= 0.6 is 11.6 Å². The van der Waals surface area contributed by atoms with Crippen molar-refractivity contribution < 1.29 is 33.4 Å². The molecule has 2 saturated carbocycles. The lowest BCUT2D eigenvalue weighted by molar-refractivity contribution is -0.153. The van der Waals surface area contributed by atoms with E-state index in [0.29, 0.717) is 10.7 Å². The zero-order valence-electron chi connectivity index (χ0n) is 20.5. The van der Waals surface area contributed by atoms with Crippen molar-refractivity contribution in [2.24, 2.45) is 17.8 Å². The first-order chi connectivity index (χ1) is 16.4. The highest BCUT2D eigenvalue weighted by atomic mass is 35.5. The van der Waals surface area contributed by atoms with E-state index in [0.717, 1.165) is 0 Å². The Morgan fingerprint density at radius 3 is 2.34 bits per heavy atom. The SMILES string of the molecule is CCOC(=O)C1C2C(NC(=O)Nc3ccccc3Cl)CC(NC(=O)OC(C)(C)C)(C(=O)OCC)C12. The Morgan fingerprint density at radius 2 is 1.74 bits per heavy atom. The number of rotatable bonds is 7. The number of amides is 3. The lowest BCUT2D eigenvalue weighted by atomic mass is 9.89. The number of carbonyl (C=O) groups is 4. The van der Waals surface area contributed by atoms with Gasteiger partial charge in [0.25, 0.3) is 0 Å². The molecule has 0 bridgehead atoms. The number of benzene rings is 1. The zero-order chi connectivity index (χ0) is 26.0. The Labute approximate surface area is 209 Å². The van der Waals surface area contributed by atoms with E-state index in [4.69, 9.17) is 25.8 Å². The number of alkyl carbamates (subject to hydrolysis) is 1. The fraction of sp³-hybridized carbons (Fsp3) is 0.583. The molecule has 5 unspecified atom stereocenters. The van der Waals surface area contributed by atoms with Crippen LogP contribution in [0.5, 0.6) is 0 Å². The predicted molar refractivity (Wildman–Crippen MR) is 128 cm³/mol. The van der Waals surface area contributed by atoms with E-state index in [2.05, 4.69) is 16.0 Å². The second-order valence-corrected chi connectivity index (χ2v) is 10.00. The molecule has 0 aliphatic heterocycles. The number of esters is 2. The Balaban J connectivity index is 1.87. The summed E-state index contributed by atoms with van der Waals surface area (Å²) in [5.41, 5.74) is -1.97. The average Bonchev–Trinajstić information content (AvgIpc) is 3.42. The van der Waals surface area contributed by atoms with E-state index >= 15 is 0 Å². The van der Waals surface area contributed by atoms with Gasteiger partial charge in [-0.3, -0.25) is 4.79 Å². The number of anilines is 1. The molecule has 10 nitrogen and oxygen atoms in total. The van der Waals surface area contributed by atoms with Crippen LogP contribution in [0.1, 0.15) is 41.0 Å². The molecule has 5 atom stereocenters. The first kappa shape index (κ1) is 26.6. The van der Waals surface area contributed by atoms with Gasteiger partial charge in [-0.2, -0.15) is 0 Å². The third-order valence-corrected chi connectivity index (χ3v) is 6.34. The molecule has 0 heterocycles. The third-order valence-electron chi connectivity index (χ3n) is 6.01. The topological polar surface area (TPSA) is 132 Å². The van der Waals surface area contributed by atoms with Gasteiger partial charge in [0, 0.05) is 18.4 Å². The van der Waals surface area contributed by atoms with Gasteiger partial charge in [0.15, 0.2) is 0 Å². The van der Waals surface area contributed by atoms with Crippen molar-refractivity contribution >= 4 is 41.4 Å². The molecule has 0 saturated heterocycles. The number of hydrogen-bond donors (Lipinski definition) is 3. The summed E-state index contributed by atoms with van der Waals surface area (Å²) >= 11 is 6.13. The molecule has 0 spiro atoms. The largest absolute Gasteiger partial charge is 0.466 e. The molecule has 3 amide bonds. The average molecular weight is 510 g/mol. The maximum atomic E-state index is 13.2. The molecule has 3 N–H and O–H groups in total. The number of halogens is 1. The fourth-order valence-electron chi connectivity index (χ4n) is 4.82. The van der Waals surface area contributed by atoms with Crippen LogP contribution in [0.15, 0.2) is 24.3 Å². The molecule has 35 heavy (non-hydrogen) atoms. The minimum absolute atomic E-state index is 0.0201. The van der Waals surface area contributed by atoms with E-state index in [1.54, 1.807) is 58.9 Å². The van der Waals surface area contributed by atoms with Crippen molar-refractivity contribution in [1.82, 2.24) is 10.6 Å². The normalized spacial score (nSPS) is 26.7. The molecule has 3 rings (SSSR count). The third kappa shape index (κ3) is 5.80. The summed E-state index contributed by atoms with van der Waals surface area (Å²) in [7, 11) is 0. The predicted octanol–water partition coefficient (Wildman–Crippen LogP) is 3.49. The number of carbonyl (C=O) groups excluding carboxylic acids is 4. The van der Waals surface area contributed by atoms with Crippen LogP contribution in [0.25, 0.3) is 0 Å². The smallest absolute Gasteiger partial charge is 0.408 e. The van der Waals surface area contributed by atoms with Gasteiger partial charge in [-0.1, -0.05) is 23.7 Å². The van der Waals surface area contributed by atoms with Crippen molar-refractivity contribution in [3.8, 4) is 0 Å². The Kier molecular flexibility index (Phi) is 7.83. The van der Waals surface area contributed by atoms with Crippen LogP contribution in [0.3, 0.4) is 0 Å². The van der Waals surface area contributed by atoms with Gasteiger partial charge in [0.05, 0.1) is 29.8 Å². The number of hydrogen-bond acceptors (Lipinski definition) is 7. The van der Waals surface area contributed by atoms with E-state index in [1.165, 1.54) is 0 Å².